The summed E-state index contributed by atoms with van der Waals surface area (Å²) in [6, 6.07) is 10.1. The van der Waals surface area contributed by atoms with Gasteiger partial charge in [-0.15, -0.1) is 0 Å². The molecule has 1 amide bonds. The Kier molecular flexibility index (Phi) is 5.60. The fourth-order valence-electron chi connectivity index (χ4n) is 3.04. The first-order chi connectivity index (χ1) is 14.5. The standard InChI is InChI=1S/C20H15F3N3O5/c1-11-18(26(31)15-9-5-4-8-14(15)25(11)30)16(27)10-17(28)19(29)24-13-7-3-2-6-12(13)20(21,22)23/h2-9H,10H2,1H3,(H2-,24,27,28,29,30,31)/q+1/p+1. The molecule has 3 rings (SSSR count). The van der Waals surface area contributed by atoms with Crippen molar-refractivity contribution < 1.29 is 47.4 Å². The monoisotopic (exact) mass is 435 g/mol. The molecule has 0 bridgehead atoms. The normalized spacial score (nSPS) is 11.4. The van der Waals surface area contributed by atoms with Crippen LogP contribution in [-0.4, -0.2) is 27.9 Å². The zero-order chi connectivity index (χ0) is 22.9. The zero-order valence-corrected chi connectivity index (χ0v) is 16.0. The van der Waals surface area contributed by atoms with Gasteiger partial charge in [-0.3, -0.25) is 24.8 Å². The Morgan fingerprint density at radius 1 is 0.935 bits per heavy atom. The molecule has 160 valence electrons. The molecule has 0 unspecified atom stereocenters. The maximum Gasteiger partial charge on any atom is 0.418 e. The van der Waals surface area contributed by atoms with Crippen LogP contribution in [0.5, 0.6) is 0 Å². The van der Waals surface area contributed by atoms with Gasteiger partial charge in [0, 0.05) is 28.5 Å². The Hall–Kier alpha value is -4.02. The van der Waals surface area contributed by atoms with Crippen molar-refractivity contribution in [2.75, 3.05) is 5.32 Å². The van der Waals surface area contributed by atoms with Gasteiger partial charge in [-0.1, -0.05) is 24.3 Å². The highest BCUT2D eigenvalue weighted by molar-refractivity contribution is 6.44. The number of hydrogen-bond donors (Lipinski definition) is 3. The smallest absolute Gasteiger partial charge is 0.319 e. The van der Waals surface area contributed by atoms with Crippen LogP contribution in [0.4, 0.5) is 18.9 Å². The lowest BCUT2D eigenvalue weighted by molar-refractivity contribution is -0.924. The quantitative estimate of drug-likeness (QED) is 0.187. The van der Waals surface area contributed by atoms with Gasteiger partial charge < -0.3 is 5.32 Å². The van der Waals surface area contributed by atoms with Crippen LogP contribution in [0, 0.1) is 6.92 Å². The summed E-state index contributed by atoms with van der Waals surface area (Å²) in [4.78, 5) is 36.9. The largest absolute Gasteiger partial charge is 0.418 e. The topological polar surface area (TPSA) is 111 Å². The number of anilines is 1. The Balaban J connectivity index is 1.85. The van der Waals surface area contributed by atoms with Crippen molar-refractivity contribution in [3.8, 4) is 0 Å². The summed E-state index contributed by atoms with van der Waals surface area (Å²) in [5.74, 6) is -3.76. The van der Waals surface area contributed by atoms with Crippen molar-refractivity contribution >= 4 is 34.2 Å². The molecule has 11 heteroatoms. The van der Waals surface area contributed by atoms with Gasteiger partial charge in [-0.25, -0.2) is 0 Å². The number of Topliss-reactive ketones (excluding diaryl/α,β-unsaturated/α-hetero) is 2. The molecule has 3 N–H and O–H groups in total. The molecule has 31 heavy (non-hydrogen) atoms. The predicted molar refractivity (Wildman–Crippen MR) is 97.5 cm³/mol. The van der Waals surface area contributed by atoms with Crippen molar-refractivity contribution in [3.05, 3.63) is 65.5 Å². The predicted octanol–water partition coefficient (Wildman–Crippen LogP) is 2.00. The summed E-state index contributed by atoms with van der Waals surface area (Å²) >= 11 is 0. The van der Waals surface area contributed by atoms with Crippen LogP contribution in [0.2, 0.25) is 0 Å². The number of para-hydroxylation sites is 3. The van der Waals surface area contributed by atoms with Crippen LogP contribution in [0.1, 0.15) is 28.2 Å². The molecule has 3 aromatic rings. The summed E-state index contributed by atoms with van der Waals surface area (Å²) in [7, 11) is 0. The zero-order valence-electron chi connectivity index (χ0n) is 16.0. The van der Waals surface area contributed by atoms with E-state index in [1.54, 1.807) is 6.07 Å². The summed E-state index contributed by atoms with van der Waals surface area (Å²) in [6.07, 6.45) is -5.80. The van der Waals surface area contributed by atoms with Crippen LogP contribution in [0.25, 0.3) is 11.0 Å². The van der Waals surface area contributed by atoms with E-state index in [1.165, 1.54) is 31.2 Å². The average Bonchev–Trinajstić information content (AvgIpc) is 2.71. The van der Waals surface area contributed by atoms with E-state index in [1.807, 2.05) is 5.32 Å². The number of rotatable bonds is 5. The second-order valence-electron chi connectivity index (χ2n) is 6.57. The van der Waals surface area contributed by atoms with Crippen LogP contribution in [0.3, 0.4) is 0 Å². The Morgan fingerprint density at radius 3 is 2.10 bits per heavy atom. The lowest BCUT2D eigenvalue weighted by Crippen LogP contribution is -2.49. The first-order valence-electron chi connectivity index (χ1n) is 8.84. The molecule has 0 radical (unpaired) electrons. The lowest BCUT2D eigenvalue weighted by atomic mass is 10.1. The number of carbonyl (C=O) groups excluding carboxylic acids is 3. The minimum atomic E-state index is -4.76. The molecule has 0 atom stereocenters. The first-order valence-corrected chi connectivity index (χ1v) is 8.84. The highest BCUT2D eigenvalue weighted by Crippen LogP contribution is 2.34. The van der Waals surface area contributed by atoms with Gasteiger partial charge in [0.2, 0.25) is 11.6 Å². The minimum Gasteiger partial charge on any atom is -0.319 e. The van der Waals surface area contributed by atoms with E-state index in [0.717, 1.165) is 18.2 Å². The lowest BCUT2D eigenvalue weighted by Gasteiger charge is -2.12. The van der Waals surface area contributed by atoms with E-state index in [4.69, 9.17) is 0 Å². The summed E-state index contributed by atoms with van der Waals surface area (Å²) in [6.45, 7) is 1.30. The number of fused-ring (bicyclic) bond motifs is 1. The molecule has 1 aromatic heterocycles. The third-order valence-electron chi connectivity index (χ3n) is 4.53. The second-order valence-corrected chi connectivity index (χ2v) is 6.57. The summed E-state index contributed by atoms with van der Waals surface area (Å²) in [5.41, 5.74) is -2.13. The maximum atomic E-state index is 13.0. The number of ketones is 2. The van der Waals surface area contributed by atoms with Gasteiger partial charge in [0.25, 0.3) is 5.91 Å². The highest BCUT2D eigenvalue weighted by atomic mass is 19.4. The number of carbonyl (C=O) groups is 3. The van der Waals surface area contributed by atoms with E-state index in [2.05, 4.69) is 0 Å². The second kappa shape index (κ2) is 8.01. The van der Waals surface area contributed by atoms with E-state index < -0.39 is 47.0 Å². The minimum absolute atomic E-state index is 0.0509. The van der Waals surface area contributed by atoms with Crippen LogP contribution < -0.4 is 14.8 Å². The molecule has 0 aliphatic rings. The fourth-order valence-corrected chi connectivity index (χ4v) is 3.04. The molecule has 0 spiro atoms. The molecular weight excluding hydrogens is 419 g/mol. The van der Waals surface area contributed by atoms with Gasteiger partial charge in [0.1, 0.15) is 0 Å². The molecule has 8 nitrogen and oxygen atoms in total. The van der Waals surface area contributed by atoms with E-state index >= 15 is 0 Å². The van der Waals surface area contributed by atoms with Crippen molar-refractivity contribution in [1.29, 1.82) is 0 Å². The van der Waals surface area contributed by atoms with Gasteiger partial charge in [-0.2, -0.15) is 13.2 Å². The number of amides is 1. The van der Waals surface area contributed by atoms with Crippen molar-refractivity contribution in [2.24, 2.45) is 0 Å². The molecule has 2 aromatic carbocycles. The van der Waals surface area contributed by atoms with Crippen molar-refractivity contribution in [1.82, 2.24) is 0 Å². The summed E-state index contributed by atoms with van der Waals surface area (Å²) in [5, 5.41) is 22.5. The first kappa shape index (κ1) is 21.7. The van der Waals surface area contributed by atoms with E-state index in [9.17, 15) is 38.0 Å². The molecule has 1 heterocycles. The molecule has 0 saturated heterocycles. The Bertz CT molecular complexity index is 1220. The molecule has 0 fully saturated rings. The van der Waals surface area contributed by atoms with E-state index in [0.29, 0.717) is 9.46 Å². The summed E-state index contributed by atoms with van der Waals surface area (Å²) < 4.78 is 40.2. The number of benzene rings is 2. The number of aromatic nitrogens is 2. The molecule has 0 aliphatic carbocycles. The average molecular weight is 435 g/mol. The number of nitrogens with one attached hydrogen (secondary N) is 1. The Morgan fingerprint density at radius 2 is 1.48 bits per heavy atom. The number of hydrogen-bond acceptors (Lipinski definition) is 5. The number of halogens is 3. The number of nitrogens with zero attached hydrogens (tertiary/aromatic N) is 2. The van der Waals surface area contributed by atoms with Gasteiger partial charge in [0.05, 0.1) is 17.7 Å². The van der Waals surface area contributed by atoms with Crippen LogP contribution in [-0.2, 0) is 15.8 Å². The van der Waals surface area contributed by atoms with Crippen molar-refractivity contribution in [2.45, 2.75) is 19.5 Å². The highest BCUT2D eigenvalue weighted by Gasteiger charge is 2.38. The van der Waals surface area contributed by atoms with Crippen molar-refractivity contribution in [3.63, 3.8) is 0 Å². The molecule has 0 aliphatic heterocycles. The third-order valence-corrected chi connectivity index (χ3v) is 4.53. The fraction of sp³-hybridized carbons (Fsp3) is 0.150. The van der Waals surface area contributed by atoms with E-state index in [-0.39, 0.29) is 16.7 Å². The van der Waals surface area contributed by atoms with Crippen LogP contribution >= 0.6 is 0 Å². The van der Waals surface area contributed by atoms with Gasteiger partial charge in [0.15, 0.2) is 0 Å². The Labute approximate surface area is 172 Å². The van der Waals surface area contributed by atoms with Crippen LogP contribution in [0.15, 0.2) is 48.5 Å². The van der Waals surface area contributed by atoms with Gasteiger partial charge >= 0.3 is 28.6 Å². The molecule has 0 saturated carbocycles. The maximum absolute atomic E-state index is 13.0. The van der Waals surface area contributed by atoms with Gasteiger partial charge in [-0.05, 0) is 12.1 Å². The SMILES string of the molecule is Cc1c(C(=O)CC(=O)C(=O)Nc2ccccc2C(F)(F)F)[n+](O)c2ccccc2[n+]1O. The number of alkyl halides is 3. The third kappa shape index (κ3) is 4.15. The molecular formula is C20H16F3N3O5+2.